The molecule has 3 aromatic rings. The normalized spacial score (nSPS) is 11.9. The number of carbonyl (C=O) groups is 2. The zero-order valence-corrected chi connectivity index (χ0v) is 24.3. The Morgan fingerprint density at radius 2 is 1.62 bits per heavy atom. The topological polar surface area (TPSA) is 96.0 Å². The molecule has 0 aromatic heterocycles. The van der Waals surface area contributed by atoms with Gasteiger partial charge in [0.1, 0.15) is 16.5 Å². The summed E-state index contributed by atoms with van der Waals surface area (Å²) in [5.74, 6) is -1.33. The molecule has 0 aliphatic carbocycles. The van der Waals surface area contributed by atoms with Crippen molar-refractivity contribution in [3.05, 3.63) is 83.7 Å². The molecule has 3 rings (SSSR count). The van der Waals surface area contributed by atoms with Crippen molar-refractivity contribution in [2.45, 2.75) is 58.5 Å². The summed E-state index contributed by atoms with van der Waals surface area (Å²) in [5.41, 5.74) is 1.61. The Kier molecular flexibility index (Phi) is 10.3. The highest BCUT2D eigenvalue weighted by Gasteiger charge is 2.26. The lowest BCUT2D eigenvalue weighted by molar-refractivity contribution is -0.114. The van der Waals surface area contributed by atoms with Crippen LogP contribution in [0.3, 0.4) is 0 Å². The Morgan fingerprint density at radius 3 is 2.20 bits per heavy atom. The minimum atomic E-state index is -4.27. The summed E-state index contributed by atoms with van der Waals surface area (Å²) in [5, 5.41) is 2.60. The summed E-state index contributed by atoms with van der Waals surface area (Å²) in [4.78, 5) is 28.2. The Hall–Kier alpha value is -3.92. The van der Waals surface area contributed by atoms with Gasteiger partial charge in [0, 0.05) is 55.6 Å². The predicted molar refractivity (Wildman–Crippen MR) is 155 cm³/mol. The molecule has 214 valence electrons. The maximum Gasteiger partial charge on any atom is 0.339 e. The molecular weight excluding hydrogens is 533 g/mol. The van der Waals surface area contributed by atoms with E-state index >= 15 is 0 Å². The van der Waals surface area contributed by atoms with E-state index in [9.17, 15) is 22.4 Å². The van der Waals surface area contributed by atoms with Crippen LogP contribution in [-0.4, -0.2) is 44.3 Å². The molecule has 2 amide bonds. The van der Waals surface area contributed by atoms with Gasteiger partial charge in [0.05, 0.1) is 5.56 Å². The number of anilines is 2. The maximum atomic E-state index is 14.5. The van der Waals surface area contributed by atoms with E-state index in [1.165, 1.54) is 54.3 Å². The third-order valence-corrected chi connectivity index (χ3v) is 7.92. The van der Waals surface area contributed by atoms with Crippen LogP contribution in [-0.2, 0) is 21.5 Å². The van der Waals surface area contributed by atoms with Crippen LogP contribution in [0, 0.1) is 5.82 Å². The summed E-state index contributed by atoms with van der Waals surface area (Å²) >= 11 is 0. The van der Waals surface area contributed by atoms with Crippen LogP contribution in [0.4, 0.5) is 15.8 Å². The molecule has 0 saturated heterocycles. The van der Waals surface area contributed by atoms with Crippen LogP contribution in [0.1, 0.15) is 57.0 Å². The third kappa shape index (κ3) is 7.38. The minimum Gasteiger partial charge on any atom is -0.379 e. The highest BCUT2D eigenvalue weighted by atomic mass is 32.2. The molecule has 8 nitrogen and oxygen atoms in total. The number of hydrogen-bond acceptors (Lipinski definition) is 6. The predicted octanol–water partition coefficient (Wildman–Crippen LogP) is 5.84. The molecule has 0 heterocycles. The fourth-order valence-electron chi connectivity index (χ4n) is 4.23. The van der Waals surface area contributed by atoms with E-state index in [0.29, 0.717) is 30.8 Å². The van der Waals surface area contributed by atoms with Gasteiger partial charge < -0.3 is 19.3 Å². The van der Waals surface area contributed by atoms with Gasteiger partial charge in [0.15, 0.2) is 0 Å². The molecule has 40 heavy (non-hydrogen) atoms. The first-order chi connectivity index (χ1) is 19.0. The first kappa shape index (κ1) is 30.6. The van der Waals surface area contributed by atoms with Gasteiger partial charge >= 0.3 is 10.1 Å². The number of amides is 2. The standard InChI is InChI=1S/C30H36FN3O5S/c1-6-21(4)34(30(36)27-11-9-10-12-28(27)31)20-23-13-16-25(33(7-2)8-3)19-29(23)39-40(37,38)26-17-14-24(15-18-26)32-22(5)35/h9-19,21H,6-8,20H2,1-5H3,(H,32,35). The van der Waals surface area contributed by atoms with Gasteiger partial charge in [-0.1, -0.05) is 25.1 Å². The fourth-order valence-corrected chi connectivity index (χ4v) is 5.19. The quantitative estimate of drug-likeness (QED) is 0.276. The van der Waals surface area contributed by atoms with Crippen molar-refractivity contribution in [3.8, 4) is 5.75 Å². The van der Waals surface area contributed by atoms with Gasteiger partial charge in [0.25, 0.3) is 5.91 Å². The van der Waals surface area contributed by atoms with Crippen molar-refractivity contribution in [1.82, 2.24) is 4.90 Å². The number of halogens is 1. The highest BCUT2D eigenvalue weighted by molar-refractivity contribution is 7.87. The van der Waals surface area contributed by atoms with Crippen LogP contribution in [0.25, 0.3) is 0 Å². The number of rotatable bonds is 12. The largest absolute Gasteiger partial charge is 0.379 e. The Labute approximate surface area is 235 Å². The van der Waals surface area contributed by atoms with Crippen LogP contribution < -0.4 is 14.4 Å². The van der Waals surface area contributed by atoms with E-state index in [2.05, 4.69) is 5.32 Å². The van der Waals surface area contributed by atoms with Crippen LogP contribution in [0.2, 0.25) is 0 Å². The molecule has 0 aliphatic rings. The van der Waals surface area contributed by atoms with E-state index < -0.39 is 21.8 Å². The van der Waals surface area contributed by atoms with Crippen molar-refractivity contribution >= 4 is 33.3 Å². The van der Waals surface area contributed by atoms with Gasteiger partial charge in [-0.3, -0.25) is 9.59 Å². The van der Waals surface area contributed by atoms with E-state index in [0.717, 1.165) is 5.69 Å². The molecule has 0 fully saturated rings. The maximum absolute atomic E-state index is 14.5. The average Bonchev–Trinajstić information content (AvgIpc) is 2.92. The molecule has 0 bridgehead atoms. The van der Waals surface area contributed by atoms with Crippen molar-refractivity contribution in [2.75, 3.05) is 23.3 Å². The van der Waals surface area contributed by atoms with Gasteiger partial charge in [-0.05, 0) is 69.7 Å². The first-order valence-corrected chi connectivity index (χ1v) is 14.7. The van der Waals surface area contributed by atoms with Crippen molar-refractivity contribution < 1.29 is 26.6 Å². The second-order valence-corrected chi connectivity index (χ2v) is 10.9. The molecule has 1 N–H and O–H groups in total. The van der Waals surface area contributed by atoms with Gasteiger partial charge in [-0.2, -0.15) is 8.42 Å². The van der Waals surface area contributed by atoms with Crippen molar-refractivity contribution in [1.29, 1.82) is 0 Å². The summed E-state index contributed by atoms with van der Waals surface area (Å²) in [6.45, 7) is 10.5. The molecule has 0 aliphatic heterocycles. The third-order valence-electron chi connectivity index (χ3n) is 6.67. The lowest BCUT2D eigenvalue weighted by Crippen LogP contribution is -2.38. The molecule has 10 heteroatoms. The number of hydrogen-bond donors (Lipinski definition) is 1. The summed E-state index contributed by atoms with van der Waals surface area (Å²) < 4.78 is 46.9. The summed E-state index contributed by atoms with van der Waals surface area (Å²) in [6.07, 6.45) is 0.604. The first-order valence-electron chi connectivity index (χ1n) is 13.3. The second kappa shape index (κ2) is 13.4. The molecule has 0 spiro atoms. The van der Waals surface area contributed by atoms with Crippen molar-refractivity contribution in [2.24, 2.45) is 0 Å². The lowest BCUT2D eigenvalue weighted by Gasteiger charge is -2.30. The zero-order chi connectivity index (χ0) is 29.4. The highest BCUT2D eigenvalue weighted by Crippen LogP contribution is 2.31. The fraction of sp³-hybridized carbons (Fsp3) is 0.333. The zero-order valence-electron chi connectivity index (χ0n) is 23.5. The van der Waals surface area contributed by atoms with Gasteiger partial charge in [-0.25, -0.2) is 4.39 Å². The summed E-state index contributed by atoms with van der Waals surface area (Å²) in [7, 11) is -4.27. The van der Waals surface area contributed by atoms with E-state index in [-0.39, 0.29) is 34.7 Å². The van der Waals surface area contributed by atoms with E-state index in [1.54, 1.807) is 18.2 Å². The van der Waals surface area contributed by atoms with Crippen LogP contribution in [0.15, 0.2) is 71.6 Å². The second-order valence-electron chi connectivity index (χ2n) is 9.38. The average molecular weight is 570 g/mol. The van der Waals surface area contributed by atoms with Crippen LogP contribution >= 0.6 is 0 Å². The van der Waals surface area contributed by atoms with E-state index in [4.69, 9.17) is 4.18 Å². The monoisotopic (exact) mass is 569 g/mol. The minimum absolute atomic E-state index is 0.00697. The number of nitrogens with zero attached hydrogens (tertiary/aromatic N) is 2. The molecular formula is C30H36FN3O5S. The number of carbonyl (C=O) groups excluding carboxylic acids is 2. The number of benzene rings is 3. The Morgan fingerprint density at radius 1 is 0.975 bits per heavy atom. The molecule has 1 atom stereocenters. The molecule has 0 saturated carbocycles. The Bertz CT molecular complexity index is 1440. The number of nitrogens with one attached hydrogen (secondary N) is 1. The Balaban J connectivity index is 2.04. The van der Waals surface area contributed by atoms with Gasteiger partial charge in [-0.15, -0.1) is 0 Å². The van der Waals surface area contributed by atoms with Gasteiger partial charge in [0.2, 0.25) is 5.91 Å². The molecule has 0 radical (unpaired) electrons. The lowest BCUT2D eigenvalue weighted by atomic mass is 10.1. The van der Waals surface area contributed by atoms with Crippen LogP contribution in [0.5, 0.6) is 5.75 Å². The smallest absolute Gasteiger partial charge is 0.339 e. The van der Waals surface area contributed by atoms with Crippen molar-refractivity contribution in [3.63, 3.8) is 0 Å². The van der Waals surface area contributed by atoms with E-state index in [1.807, 2.05) is 38.7 Å². The summed E-state index contributed by atoms with van der Waals surface area (Å²) in [6, 6.07) is 16.4. The molecule has 1 unspecified atom stereocenters. The molecule has 3 aromatic carbocycles. The SMILES string of the molecule is CCC(C)N(Cc1ccc(N(CC)CC)cc1OS(=O)(=O)c1ccc(NC(C)=O)cc1)C(=O)c1ccccc1F.